The number of hydrogen-bond donors (Lipinski definition) is 1. The highest BCUT2D eigenvalue weighted by molar-refractivity contribution is 8.02. The summed E-state index contributed by atoms with van der Waals surface area (Å²) >= 11 is 1.25. The van der Waals surface area contributed by atoms with E-state index in [-0.39, 0.29) is 46.8 Å². The lowest BCUT2D eigenvalue weighted by Crippen LogP contribution is -2.23. The van der Waals surface area contributed by atoms with Gasteiger partial charge in [0.05, 0.1) is 23.3 Å². The maximum absolute atomic E-state index is 12.1. The van der Waals surface area contributed by atoms with Crippen LogP contribution in [0.15, 0.2) is 24.3 Å². The molecule has 2 rings (SSSR count). The van der Waals surface area contributed by atoms with Gasteiger partial charge in [-0.1, -0.05) is 24.3 Å². The zero-order valence-electron chi connectivity index (χ0n) is 15.3. The number of carbonyl (C=O) groups is 3. The molecule has 148 valence electrons. The summed E-state index contributed by atoms with van der Waals surface area (Å²) in [6.07, 6.45) is 0.544. The summed E-state index contributed by atoms with van der Waals surface area (Å²) in [5.41, 5.74) is 1.28. The molecule has 0 unspecified atom stereocenters. The van der Waals surface area contributed by atoms with Crippen LogP contribution in [0.4, 0.5) is 0 Å². The molecule has 1 amide bonds. The third-order valence-electron chi connectivity index (χ3n) is 4.14. The van der Waals surface area contributed by atoms with Crippen LogP contribution in [-0.4, -0.2) is 55.2 Å². The number of rotatable bonds is 8. The standard InChI is InChI=1S/C18H23NO6S2/c1-12(19-13(2)20)14-3-5-15(6-4-14)17(21)9-25-18(22)10-26-16-7-8-27(23,24)11-16/h3-6,12,16H,7-11H2,1-2H3,(H,19,20)/t12-,16-/m0/s1. The van der Waals surface area contributed by atoms with Crippen molar-refractivity contribution in [1.82, 2.24) is 5.32 Å². The molecule has 1 heterocycles. The van der Waals surface area contributed by atoms with E-state index in [9.17, 15) is 22.8 Å². The van der Waals surface area contributed by atoms with Gasteiger partial charge >= 0.3 is 5.97 Å². The summed E-state index contributed by atoms with van der Waals surface area (Å²) in [6.45, 7) is 2.92. The molecular weight excluding hydrogens is 390 g/mol. The van der Waals surface area contributed by atoms with Gasteiger partial charge in [0, 0.05) is 17.7 Å². The van der Waals surface area contributed by atoms with Crippen molar-refractivity contribution in [2.24, 2.45) is 0 Å². The molecule has 0 aliphatic carbocycles. The first kappa shape index (κ1) is 21.4. The van der Waals surface area contributed by atoms with Crippen molar-refractivity contribution >= 4 is 39.3 Å². The average Bonchev–Trinajstić information content (AvgIpc) is 2.96. The molecule has 7 nitrogen and oxygen atoms in total. The second kappa shape index (κ2) is 9.36. The van der Waals surface area contributed by atoms with Crippen molar-refractivity contribution in [1.29, 1.82) is 0 Å². The molecule has 0 radical (unpaired) electrons. The molecule has 1 aliphatic heterocycles. The van der Waals surface area contributed by atoms with Crippen molar-refractivity contribution in [3.05, 3.63) is 35.4 Å². The van der Waals surface area contributed by atoms with Crippen LogP contribution in [0.1, 0.15) is 42.2 Å². The van der Waals surface area contributed by atoms with Crippen LogP contribution < -0.4 is 5.32 Å². The number of hydrogen-bond acceptors (Lipinski definition) is 7. The number of sulfone groups is 1. The van der Waals surface area contributed by atoms with E-state index in [0.717, 1.165) is 5.56 Å². The summed E-state index contributed by atoms with van der Waals surface area (Å²) < 4.78 is 27.7. The van der Waals surface area contributed by atoms with Crippen molar-refractivity contribution in [2.75, 3.05) is 23.9 Å². The molecule has 1 fully saturated rings. The van der Waals surface area contributed by atoms with E-state index in [1.54, 1.807) is 24.3 Å². The number of Topliss-reactive ketones (excluding diaryl/α,β-unsaturated/α-hetero) is 1. The summed E-state index contributed by atoms with van der Waals surface area (Å²) in [6, 6.07) is 6.57. The zero-order chi connectivity index (χ0) is 20.0. The Morgan fingerprint density at radius 3 is 2.48 bits per heavy atom. The average molecular weight is 414 g/mol. The minimum atomic E-state index is -2.97. The lowest BCUT2D eigenvalue weighted by Gasteiger charge is -2.13. The topological polar surface area (TPSA) is 107 Å². The first-order valence-corrected chi connectivity index (χ1v) is 11.4. The first-order chi connectivity index (χ1) is 12.7. The smallest absolute Gasteiger partial charge is 0.316 e. The Labute approximate surface area is 163 Å². The number of esters is 1. The van der Waals surface area contributed by atoms with Gasteiger partial charge in [-0.15, -0.1) is 11.8 Å². The summed E-state index contributed by atoms with van der Waals surface area (Å²) in [5, 5.41) is 2.67. The van der Waals surface area contributed by atoms with Crippen LogP contribution in [0, 0.1) is 0 Å². The fourth-order valence-electron chi connectivity index (χ4n) is 2.70. The third kappa shape index (κ3) is 6.99. The number of carbonyl (C=O) groups excluding carboxylic acids is 3. The van der Waals surface area contributed by atoms with Gasteiger partial charge in [0.2, 0.25) is 5.91 Å². The summed E-state index contributed by atoms with van der Waals surface area (Å²) in [7, 11) is -2.97. The normalized spacial score (nSPS) is 19.3. The Balaban J connectivity index is 1.76. The number of ether oxygens (including phenoxy) is 1. The Morgan fingerprint density at radius 1 is 1.26 bits per heavy atom. The van der Waals surface area contributed by atoms with Crippen molar-refractivity contribution in [3.63, 3.8) is 0 Å². The lowest BCUT2D eigenvalue weighted by atomic mass is 10.0. The lowest BCUT2D eigenvalue weighted by molar-refractivity contribution is -0.139. The molecule has 0 spiro atoms. The minimum absolute atomic E-state index is 0.0284. The van der Waals surface area contributed by atoms with Crippen molar-refractivity contribution in [3.8, 4) is 0 Å². The second-order valence-corrected chi connectivity index (χ2v) is 9.98. The number of amides is 1. The molecular formula is C18H23NO6S2. The fourth-order valence-corrected chi connectivity index (χ4v) is 6.13. The second-order valence-electron chi connectivity index (χ2n) is 6.46. The van der Waals surface area contributed by atoms with Crippen molar-refractivity contribution in [2.45, 2.75) is 31.6 Å². The molecule has 27 heavy (non-hydrogen) atoms. The first-order valence-electron chi connectivity index (χ1n) is 8.54. The van der Waals surface area contributed by atoms with Gasteiger partial charge in [-0.05, 0) is 18.9 Å². The van der Waals surface area contributed by atoms with E-state index in [1.807, 2.05) is 6.92 Å². The van der Waals surface area contributed by atoms with Crippen LogP contribution in [0.25, 0.3) is 0 Å². The SMILES string of the molecule is CC(=O)N[C@@H](C)c1ccc(C(=O)COC(=O)CS[C@H]2CCS(=O)(=O)C2)cc1. The molecule has 2 atom stereocenters. The Bertz CT molecular complexity index is 804. The highest BCUT2D eigenvalue weighted by Crippen LogP contribution is 2.24. The van der Waals surface area contributed by atoms with Gasteiger partial charge in [-0.2, -0.15) is 0 Å². The maximum Gasteiger partial charge on any atom is 0.316 e. The molecule has 0 aromatic heterocycles. The molecule has 1 aromatic carbocycles. The molecule has 9 heteroatoms. The van der Waals surface area contributed by atoms with Crippen LogP contribution in [-0.2, 0) is 24.2 Å². The van der Waals surface area contributed by atoms with Crippen LogP contribution >= 0.6 is 11.8 Å². The molecule has 0 bridgehead atoms. The van der Waals surface area contributed by atoms with Gasteiger partial charge in [-0.3, -0.25) is 14.4 Å². The largest absolute Gasteiger partial charge is 0.457 e. The van der Waals surface area contributed by atoms with Crippen molar-refractivity contribution < 1.29 is 27.5 Å². The third-order valence-corrected chi connectivity index (χ3v) is 7.40. The van der Waals surface area contributed by atoms with Gasteiger partial charge in [0.25, 0.3) is 0 Å². The van der Waals surface area contributed by atoms with Gasteiger partial charge in [-0.25, -0.2) is 8.42 Å². The van der Waals surface area contributed by atoms with Crippen LogP contribution in [0.2, 0.25) is 0 Å². The summed E-state index contributed by atoms with van der Waals surface area (Å²) in [5.74, 6) is -0.714. The van der Waals surface area contributed by atoms with Gasteiger partial charge in [0.15, 0.2) is 22.2 Å². The maximum atomic E-state index is 12.1. The highest BCUT2D eigenvalue weighted by Gasteiger charge is 2.28. The van der Waals surface area contributed by atoms with E-state index < -0.39 is 15.8 Å². The van der Waals surface area contributed by atoms with E-state index in [0.29, 0.717) is 12.0 Å². The van der Waals surface area contributed by atoms with E-state index in [4.69, 9.17) is 4.74 Å². The molecule has 1 aromatic rings. The molecule has 1 saturated heterocycles. The number of thioether (sulfide) groups is 1. The number of benzene rings is 1. The molecule has 1 aliphatic rings. The zero-order valence-corrected chi connectivity index (χ0v) is 16.9. The molecule has 0 saturated carbocycles. The van der Waals surface area contributed by atoms with Crippen LogP contribution in [0.5, 0.6) is 0 Å². The summed E-state index contributed by atoms with van der Waals surface area (Å²) in [4.78, 5) is 35.0. The minimum Gasteiger partial charge on any atom is -0.457 e. The fraction of sp³-hybridized carbons (Fsp3) is 0.500. The Hall–Kier alpha value is -1.87. The van der Waals surface area contributed by atoms with Gasteiger partial charge in [0.1, 0.15) is 0 Å². The van der Waals surface area contributed by atoms with E-state index in [1.165, 1.54) is 18.7 Å². The quantitative estimate of drug-likeness (QED) is 0.509. The van der Waals surface area contributed by atoms with E-state index >= 15 is 0 Å². The number of ketones is 1. The Kier molecular flexibility index (Phi) is 7.43. The Morgan fingerprint density at radius 2 is 1.93 bits per heavy atom. The predicted octanol–water partition coefficient (Wildman–Crippen LogP) is 1.53. The monoisotopic (exact) mass is 413 g/mol. The van der Waals surface area contributed by atoms with Gasteiger partial charge < -0.3 is 10.1 Å². The molecule has 1 N–H and O–H groups in total. The highest BCUT2D eigenvalue weighted by atomic mass is 32.2. The number of nitrogens with one attached hydrogen (secondary N) is 1. The van der Waals surface area contributed by atoms with E-state index in [2.05, 4.69) is 5.32 Å². The van der Waals surface area contributed by atoms with Crippen LogP contribution in [0.3, 0.4) is 0 Å². The predicted molar refractivity (Wildman–Crippen MR) is 103 cm³/mol.